The standard InChI is InChI=1S/C14H10FN3OS/c15-10-5-3-9(4-6-10)11-8-13(18-17-11)16-14(19)12-2-1-7-20-12/h1-8H,(H2,16,17,18,19). The third kappa shape index (κ3) is 2.60. The van der Waals surface area contributed by atoms with Gasteiger partial charge in [0.15, 0.2) is 5.82 Å². The maximum Gasteiger partial charge on any atom is 0.266 e. The van der Waals surface area contributed by atoms with Crippen molar-refractivity contribution in [2.24, 2.45) is 0 Å². The van der Waals surface area contributed by atoms with Crippen molar-refractivity contribution in [3.05, 3.63) is 58.5 Å². The third-order valence-electron chi connectivity index (χ3n) is 2.72. The topological polar surface area (TPSA) is 57.8 Å². The second-order valence-electron chi connectivity index (χ2n) is 4.11. The monoisotopic (exact) mass is 287 g/mol. The Bertz CT molecular complexity index is 719. The first kappa shape index (κ1) is 12.6. The van der Waals surface area contributed by atoms with Gasteiger partial charge in [0.1, 0.15) is 5.82 Å². The van der Waals surface area contributed by atoms with Crippen LogP contribution in [0.1, 0.15) is 9.67 Å². The number of thiophene rings is 1. The average Bonchev–Trinajstić information content (AvgIpc) is 3.10. The Balaban J connectivity index is 1.77. The zero-order valence-electron chi connectivity index (χ0n) is 10.3. The van der Waals surface area contributed by atoms with Crippen molar-refractivity contribution in [3.8, 4) is 11.3 Å². The van der Waals surface area contributed by atoms with Crippen molar-refractivity contribution in [1.29, 1.82) is 0 Å². The molecule has 2 heterocycles. The number of aromatic amines is 1. The molecule has 1 amide bonds. The maximum absolute atomic E-state index is 12.9. The highest BCUT2D eigenvalue weighted by molar-refractivity contribution is 7.12. The summed E-state index contributed by atoms with van der Waals surface area (Å²) in [6.07, 6.45) is 0. The number of carbonyl (C=O) groups excluding carboxylic acids is 1. The molecule has 0 bridgehead atoms. The van der Waals surface area contributed by atoms with Gasteiger partial charge in [0, 0.05) is 6.07 Å². The Hall–Kier alpha value is -2.47. The van der Waals surface area contributed by atoms with E-state index < -0.39 is 0 Å². The van der Waals surface area contributed by atoms with E-state index in [-0.39, 0.29) is 11.7 Å². The van der Waals surface area contributed by atoms with E-state index in [1.807, 2.05) is 11.4 Å². The van der Waals surface area contributed by atoms with Crippen LogP contribution in [0.2, 0.25) is 0 Å². The summed E-state index contributed by atoms with van der Waals surface area (Å²) in [6, 6.07) is 11.3. The summed E-state index contributed by atoms with van der Waals surface area (Å²) in [5.74, 6) is -0.0561. The molecule has 4 nitrogen and oxygen atoms in total. The fraction of sp³-hybridized carbons (Fsp3) is 0. The van der Waals surface area contributed by atoms with Crippen LogP contribution in [-0.2, 0) is 0 Å². The van der Waals surface area contributed by atoms with Gasteiger partial charge in [-0.05, 0) is 41.3 Å². The Labute approximate surface area is 118 Å². The zero-order valence-corrected chi connectivity index (χ0v) is 11.1. The Morgan fingerprint density at radius 2 is 2.05 bits per heavy atom. The van der Waals surface area contributed by atoms with Crippen molar-refractivity contribution in [1.82, 2.24) is 10.2 Å². The lowest BCUT2D eigenvalue weighted by molar-refractivity contribution is 0.103. The number of benzene rings is 1. The molecule has 3 rings (SSSR count). The molecule has 0 atom stereocenters. The third-order valence-corrected chi connectivity index (χ3v) is 3.59. The molecule has 0 saturated heterocycles. The van der Waals surface area contributed by atoms with Crippen LogP contribution in [0.25, 0.3) is 11.3 Å². The second-order valence-corrected chi connectivity index (χ2v) is 5.05. The Kier molecular flexibility index (Phi) is 3.30. The molecule has 0 radical (unpaired) electrons. The molecule has 6 heteroatoms. The van der Waals surface area contributed by atoms with Gasteiger partial charge in [0.2, 0.25) is 0 Å². The van der Waals surface area contributed by atoms with Crippen molar-refractivity contribution in [2.75, 3.05) is 5.32 Å². The minimum absolute atomic E-state index is 0.197. The summed E-state index contributed by atoms with van der Waals surface area (Å²) in [4.78, 5) is 12.5. The van der Waals surface area contributed by atoms with Gasteiger partial charge in [-0.2, -0.15) is 5.10 Å². The fourth-order valence-corrected chi connectivity index (χ4v) is 2.37. The van der Waals surface area contributed by atoms with E-state index in [2.05, 4.69) is 15.5 Å². The minimum Gasteiger partial charge on any atom is -0.304 e. The van der Waals surface area contributed by atoms with Crippen LogP contribution in [0.3, 0.4) is 0 Å². The number of hydrogen-bond acceptors (Lipinski definition) is 3. The van der Waals surface area contributed by atoms with E-state index in [9.17, 15) is 9.18 Å². The summed E-state index contributed by atoms with van der Waals surface area (Å²) in [7, 11) is 0. The van der Waals surface area contributed by atoms with E-state index >= 15 is 0 Å². The number of amides is 1. The van der Waals surface area contributed by atoms with E-state index in [0.29, 0.717) is 16.4 Å². The number of hydrogen-bond donors (Lipinski definition) is 2. The predicted octanol–water partition coefficient (Wildman–Crippen LogP) is 3.53. The van der Waals surface area contributed by atoms with Crippen LogP contribution in [0.15, 0.2) is 47.8 Å². The lowest BCUT2D eigenvalue weighted by Crippen LogP contribution is -2.10. The number of rotatable bonds is 3. The highest BCUT2D eigenvalue weighted by Crippen LogP contribution is 2.20. The molecule has 0 spiro atoms. The van der Waals surface area contributed by atoms with E-state index in [0.717, 1.165) is 5.56 Å². The summed E-state index contributed by atoms with van der Waals surface area (Å²) >= 11 is 1.36. The lowest BCUT2D eigenvalue weighted by Gasteiger charge is -1.97. The molecule has 0 saturated carbocycles. The van der Waals surface area contributed by atoms with Crippen LogP contribution in [0.4, 0.5) is 10.2 Å². The molecule has 0 fully saturated rings. The van der Waals surface area contributed by atoms with Gasteiger partial charge in [0.05, 0.1) is 10.6 Å². The van der Waals surface area contributed by atoms with Gasteiger partial charge in [-0.15, -0.1) is 11.3 Å². The van der Waals surface area contributed by atoms with Crippen molar-refractivity contribution in [3.63, 3.8) is 0 Å². The smallest absolute Gasteiger partial charge is 0.266 e. The van der Waals surface area contributed by atoms with Crippen molar-refractivity contribution < 1.29 is 9.18 Å². The van der Waals surface area contributed by atoms with Crippen LogP contribution >= 0.6 is 11.3 Å². The summed E-state index contributed by atoms with van der Waals surface area (Å²) in [5.41, 5.74) is 1.52. The molecule has 20 heavy (non-hydrogen) atoms. The number of H-pyrrole nitrogens is 1. The minimum atomic E-state index is -0.292. The summed E-state index contributed by atoms with van der Waals surface area (Å²) in [5, 5.41) is 11.4. The zero-order chi connectivity index (χ0) is 13.9. The van der Waals surface area contributed by atoms with Gasteiger partial charge in [-0.3, -0.25) is 9.89 Å². The van der Waals surface area contributed by atoms with E-state index in [4.69, 9.17) is 0 Å². The lowest BCUT2D eigenvalue weighted by atomic mass is 10.1. The van der Waals surface area contributed by atoms with E-state index in [1.54, 1.807) is 24.3 Å². The maximum atomic E-state index is 12.9. The molecule has 0 aliphatic rings. The molecule has 3 aromatic rings. The molecule has 0 unspecified atom stereocenters. The van der Waals surface area contributed by atoms with Crippen LogP contribution in [0, 0.1) is 5.82 Å². The second kappa shape index (κ2) is 5.26. The number of nitrogens with zero attached hydrogens (tertiary/aromatic N) is 1. The first-order valence-electron chi connectivity index (χ1n) is 5.88. The fourth-order valence-electron chi connectivity index (χ4n) is 1.75. The molecule has 0 aliphatic heterocycles. The van der Waals surface area contributed by atoms with Gasteiger partial charge in [0.25, 0.3) is 5.91 Å². The summed E-state index contributed by atoms with van der Waals surface area (Å²) < 4.78 is 12.9. The number of nitrogens with one attached hydrogen (secondary N) is 2. The summed E-state index contributed by atoms with van der Waals surface area (Å²) in [6.45, 7) is 0. The van der Waals surface area contributed by atoms with Gasteiger partial charge >= 0.3 is 0 Å². The molecule has 1 aromatic carbocycles. The normalized spacial score (nSPS) is 10.4. The molecular formula is C14H10FN3OS. The van der Waals surface area contributed by atoms with Crippen LogP contribution in [0.5, 0.6) is 0 Å². The molecular weight excluding hydrogens is 277 g/mol. The van der Waals surface area contributed by atoms with Gasteiger partial charge < -0.3 is 5.32 Å². The largest absolute Gasteiger partial charge is 0.304 e. The van der Waals surface area contributed by atoms with Gasteiger partial charge in [-0.1, -0.05) is 6.07 Å². The molecule has 0 aliphatic carbocycles. The molecule has 2 N–H and O–H groups in total. The SMILES string of the molecule is O=C(Nc1cc(-c2ccc(F)cc2)[nH]n1)c1cccs1. The van der Waals surface area contributed by atoms with Crippen LogP contribution in [-0.4, -0.2) is 16.1 Å². The first-order valence-corrected chi connectivity index (χ1v) is 6.76. The number of carbonyl (C=O) groups is 1. The van der Waals surface area contributed by atoms with Crippen LogP contribution < -0.4 is 5.32 Å². The Morgan fingerprint density at radius 3 is 2.75 bits per heavy atom. The predicted molar refractivity (Wildman–Crippen MR) is 76.3 cm³/mol. The number of aromatic nitrogens is 2. The van der Waals surface area contributed by atoms with Gasteiger partial charge in [-0.25, -0.2) is 4.39 Å². The highest BCUT2D eigenvalue weighted by atomic mass is 32.1. The number of anilines is 1. The van der Waals surface area contributed by atoms with Crippen molar-refractivity contribution >= 4 is 23.1 Å². The number of halogens is 1. The highest BCUT2D eigenvalue weighted by Gasteiger charge is 2.10. The first-order chi connectivity index (χ1) is 9.72. The average molecular weight is 287 g/mol. The quantitative estimate of drug-likeness (QED) is 0.774. The molecule has 100 valence electrons. The van der Waals surface area contributed by atoms with Crippen molar-refractivity contribution in [2.45, 2.75) is 0 Å². The molecule has 2 aromatic heterocycles. The van der Waals surface area contributed by atoms with E-state index in [1.165, 1.54) is 23.5 Å². The Morgan fingerprint density at radius 1 is 1.25 bits per heavy atom.